The fraction of sp³-hybridized carbons (Fsp3) is 0.444. The van der Waals surface area contributed by atoms with Crippen molar-refractivity contribution < 1.29 is 9.32 Å². The minimum Gasteiger partial charge on any atom is -0.349 e. The molecule has 1 aliphatic rings. The molecule has 2 heterocycles. The maximum Gasteiger partial charge on any atom is 0.241 e. The van der Waals surface area contributed by atoms with E-state index in [0.717, 1.165) is 37.1 Å². The number of amides is 1. The quantitative estimate of drug-likeness (QED) is 0.484. The number of hydrogen-bond donors (Lipinski definition) is 1. The molecule has 3 aromatic rings. The van der Waals surface area contributed by atoms with Crippen LogP contribution in [0.2, 0.25) is 5.02 Å². The van der Waals surface area contributed by atoms with Crippen molar-refractivity contribution in [2.75, 3.05) is 13.1 Å². The Balaban J connectivity index is 1.26. The van der Waals surface area contributed by atoms with Crippen molar-refractivity contribution in [1.82, 2.24) is 20.4 Å². The lowest BCUT2D eigenvalue weighted by Crippen LogP contribution is -2.41. The second-order valence-electron chi connectivity index (χ2n) is 10.2. The van der Waals surface area contributed by atoms with Gasteiger partial charge in [0.1, 0.15) is 0 Å². The van der Waals surface area contributed by atoms with Gasteiger partial charge in [0.2, 0.25) is 17.6 Å². The van der Waals surface area contributed by atoms with Gasteiger partial charge in [0.05, 0.1) is 12.6 Å². The molecule has 180 valence electrons. The Morgan fingerprint density at radius 1 is 1.12 bits per heavy atom. The van der Waals surface area contributed by atoms with Gasteiger partial charge < -0.3 is 9.84 Å². The largest absolute Gasteiger partial charge is 0.349 e. The van der Waals surface area contributed by atoms with Crippen LogP contribution in [0.5, 0.6) is 0 Å². The van der Waals surface area contributed by atoms with E-state index in [2.05, 4.69) is 65.4 Å². The van der Waals surface area contributed by atoms with Crippen molar-refractivity contribution in [2.45, 2.75) is 58.5 Å². The van der Waals surface area contributed by atoms with Gasteiger partial charge in [0.15, 0.2) is 0 Å². The Morgan fingerprint density at radius 3 is 2.38 bits per heavy atom. The van der Waals surface area contributed by atoms with Gasteiger partial charge in [-0.3, -0.25) is 9.69 Å². The normalized spacial score (nSPS) is 16.4. The fourth-order valence-corrected chi connectivity index (χ4v) is 4.39. The second-order valence-corrected chi connectivity index (χ2v) is 10.6. The highest BCUT2D eigenvalue weighted by Crippen LogP contribution is 2.25. The molecule has 7 heteroatoms. The Kier molecular flexibility index (Phi) is 7.39. The van der Waals surface area contributed by atoms with Crippen molar-refractivity contribution >= 4 is 17.5 Å². The van der Waals surface area contributed by atoms with E-state index >= 15 is 0 Å². The summed E-state index contributed by atoms with van der Waals surface area (Å²) in [6.45, 7) is 10.9. The SMILES string of the molecule is CC(NC(=O)C1CCN(Cc2nc(-c3ccc(Cl)cc3)no2)CC1)c1ccc(C(C)(C)C)cc1. The van der Waals surface area contributed by atoms with Gasteiger partial charge in [-0.05, 0) is 73.7 Å². The summed E-state index contributed by atoms with van der Waals surface area (Å²) < 4.78 is 5.44. The number of rotatable bonds is 6. The predicted molar refractivity (Wildman–Crippen MR) is 134 cm³/mol. The predicted octanol–water partition coefficient (Wildman–Crippen LogP) is 5.78. The molecule has 1 N–H and O–H groups in total. The molecule has 2 aromatic carbocycles. The second kappa shape index (κ2) is 10.3. The molecule has 1 aromatic heterocycles. The number of carbonyl (C=O) groups is 1. The summed E-state index contributed by atoms with van der Waals surface area (Å²) in [6.07, 6.45) is 1.64. The smallest absolute Gasteiger partial charge is 0.241 e. The zero-order chi connectivity index (χ0) is 24.3. The fourth-order valence-electron chi connectivity index (χ4n) is 4.27. The molecule has 0 spiro atoms. The van der Waals surface area contributed by atoms with Gasteiger partial charge in [-0.25, -0.2) is 0 Å². The lowest BCUT2D eigenvalue weighted by molar-refractivity contribution is -0.127. The summed E-state index contributed by atoms with van der Waals surface area (Å²) in [5.74, 6) is 1.31. The molecule has 34 heavy (non-hydrogen) atoms. The first-order valence-electron chi connectivity index (χ1n) is 11.9. The number of nitrogens with one attached hydrogen (secondary N) is 1. The molecule has 1 fully saturated rings. The lowest BCUT2D eigenvalue weighted by atomic mass is 9.86. The average molecular weight is 481 g/mol. The Morgan fingerprint density at radius 2 is 1.76 bits per heavy atom. The summed E-state index contributed by atoms with van der Waals surface area (Å²) in [6, 6.07) is 15.9. The maximum atomic E-state index is 12.9. The topological polar surface area (TPSA) is 71.3 Å². The van der Waals surface area contributed by atoms with Crippen LogP contribution in [-0.2, 0) is 16.8 Å². The third kappa shape index (κ3) is 6.05. The highest BCUT2D eigenvalue weighted by atomic mass is 35.5. The van der Waals surface area contributed by atoms with Crippen molar-refractivity contribution in [1.29, 1.82) is 0 Å². The molecule has 1 saturated heterocycles. The van der Waals surface area contributed by atoms with Gasteiger partial charge in [-0.2, -0.15) is 4.98 Å². The number of benzene rings is 2. The van der Waals surface area contributed by atoms with E-state index in [-0.39, 0.29) is 23.3 Å². The molecular weight excluding hydrogens is 448 g/mol. The Bertz CT molecular complexity index is 1090. The first kappa shape index (κ1) is 24.4. The average Bonchev–Trinajstić information content (AvgIpc) is 3.28. The van der Waals surface area contributed by atoms with E-state index in [1.165, 1.54) is 5.56 Å². The first-order chi connectivity index (χ1) is 16.2. The number of halogens is 1. The van der Waals surface area contributed by atoms with Crippen LogP contribution in [-0.4, -0.2) is 34.0 Å². The molecular formula is C27H33ClN4O2. The molecule has 1 amide bonds. The highest BCUT2D eigenvalue weighted by molar-refractivity contribution is 6.30. The minimum absolute atomic E-state index is 0.00997. The van der Waals surface area contributed by atoms with Crippen LogP contribution >= 0.6 is 11.6 Å². The summed E-state index contributed by atoms with van der Waals surface area (Å²) in [5.41, 5.74) is 3.42. The number of aromatic nitrogens is 2. The number of hydrogen-bond acceptors (Lipinski definition) is 5. The highest BCUT2D eigenvalue weighted by Gasteiger charge is 2.27. The van der Waals surface area contributed by atoms with E-state index in [1.807, 2.05) is 31.2 Å². The third-order valence-electron chi connectivity index (χ3n) is 6.52. The van der Waals surface area contributed by atoms with E-state index < -0.39 is 0 Å². The number of likely N-dealkylation sites (tertiary alicyclic amines) is 1. The monoisotopic (exact) mass is 480 g/mol. The Labute approximate surface area is 206 Å². The standard InChI is InChI=1S/C27H33ClN4O2/c1-18(19-5-9-22(10-6-19)27(2,3)4)29-26(33)21-13-15-32(16-14-21)17-24-30-25(31-34-24)20-7-11-23(28)12-8-20/h5-12,18,21H,13-17H2,1-4H3,(H,29,33). The van der Waals surface area contributed by atoms with Crippen LogP contribution in [0.4, 0.5) is 0 Å². The van der Waals surface area contributed by atoms with Crippen LogP contribution < -0.4 is 5.32 Å². The van der Waals surface area contributed by atoms with Crippen LogP contribution in [0.3, 0.4) is 0 Å². The zero-order valence-electron chi connectivity index (χ0n) is 20.3. The lowest BCUT2D eigenvalue weighted by Gasteiger charge is -2.31. The van der Waals surface area contributed by atoms with Gasteiger partial charge in [-0.15, -0.1) is 0 Å². The maximum absolute atomic E-state index is 12.9. The van der Waals surface area contributed by atoms with Gasteiger partial charge in [0.25, 0.3) is 0 Å². The first-order valence-corrected chi connectivity index (χ1v) is 12.3. The summed E-state index contributed by atoms with van der Waals surface area (Å²) in [4.78, 5) is 19.6. The molecule has 1 unspecified atom stereocenters. The molecule has 0 bridgehead atoms. The van der Waals surface area contributed by atoms with Gasteiger partial charge in [0, 0.05) is 16.5 Å². The molecule has 4 rings (SSSR count). The molecule has 0 aliphatic carbocycles. The summed E-state index contributed by atoms with van der Waals surface area (Å²) in [5, 5.41) is 7.96. The van der Waals surface area contributed by atoms with E-state index in [0.29, 0.717) is 23.3 Å². The van der Waals surface area contributed by atoms with Crippen LogP contribution in [0.15, 0.2) is 53.1 Å². The van der Waals surface area contributed by atoms with E-state index in [9.17, 15) is 4.79 Å². The minimum atomic E-state index is -0.00997. The van der Waals surface area contributed by atoms with Crippen molar-refractivity contribution in [2.24, 2.45) is 5.92 Å². The number of piperidine rings is 1. The molecule has 0 saturated carbocycles. The van der Waals surface area contributed by atoms with Crippen LogP contribution in [0.1, 0.15) is 63.6 Å². The van der Waals surface area contributed by atoms with Crippen molar-refractivity contribution in [3.05, 3.63) is 70.6 Å². The van der Waals surface area contributed by atoms with Crippen LogP contribution in [0.25, 0.3) is 11.4 Å². The van der Waals surface area contributed by atoms with E-state index in [4.69, 9.17) is 16.1 Å². The summed E-state index contributed by atoms with van der Waals surface area (Å²) >= 11 is 5.95. The molecule has 6 nitrogen and oxygen atoms in total. The number of nitrogens with zero attached hydrogens (tertiary/aromatic N) is 3. The van der Waals surface area contributed by atoms with Gasteiger partial charge in [-0.1, -0.05) is 61.8 Å². The molecule has 1 aliphatic heterocycles. The molecule has 1 atom stereocenters. The van der Waals surface area contributed by atoms with Gasteiger partial charge >= 0.3 is 0 Å². The number of carbonyl (C=O) groups excluding carboxylic acids is 1. The zero-order valence-corrected chi connectivity index (χ0v) is 21.1. The van der Waals surface area contributed by atoms with Crippen LogP contribution in [0, 0.1) is 5.92 Å². The summed E-state index contributed by atoms with van der Waals surface area (Å²) in [7, 11) is 0. The molecule has 0 radical (unpaired) electrons. The van der Waals surface area contributed by atoms with Crippen molar-refractivity contribution in [3.63, 3.8) is 0 Å². The van der Waals surface area contributed by atoms with Crippen molar-refractivity contribution in [3.8, 4) is 11.4 Å². The third-order valence-corrected chi connectivity index (χ3v) is 6.78. The Hall–Kier alpha value is -2.70. The van der Waals surface area contributed by atoms with E-state index in [1.54, 1.807) is 0 Å².